The first-order valence-electron chi connectivity index (χ1n) is 5.71. The number of phenols is 1. The predicted molar refractivity (Wildman–Crippen MR) is 67.8 cm³/mol. The van der Waals surface area contributed by atoms with Crippen LogP contribution < -0.4 is 10.1 Å². The minimum atomic E-state index is 0.0942. The highest BCUT2D eigenvalue weighted by Crippen LogP contribution is 2.28. The van der Waals surface area contributed by atoms with Crippen LogP contribution in [0.5, 0.6) is 17.2 Å². The summed E-state index contributed by atoms with van der Waals surface area (Å²) >= 11 is 0. The van der Waals surface area contributed by atoms with Gasteiger partial charge in [-0.25, -0.2) is 9.97 Å². The largest absolute Gasteiger partial charge is 0.504 e. The number of nitrogens with one attached hydrogen (secondary N) is 1. The molecule has 0 unspecified atom stereocenters. The smallest absolute Gasteiger partial charge is 0.169 e. The minimum absolute atomic E-state index is 0.0942. The average molecular weight is 245 g/mol. The Kier molecular flexibility index (Phi) is 4.09. The molecule has 0 spiro atoms. The summed E-state index contributed by atoms with van der Waals surface area (Å²) < 4.78 is 5.48. The van der Waals surface area contributed by atoms with E-state index in [2.05, 4.69) is 15.3 Å². The molecule has 0 aliphatic heterocycles. The number of hydrogen-bond donors (Lipinski definition) is 2. The van der Waals surface area contributed by atoms with E-state index < -0.39 is 0 Å². The van der Waals surface area contributed by atoms with E-state index in [0.717, 1.165) is 18.8 Å². The van der Waals surface area contributed by atoms with Crippen molar-refractivity contribution in [2.75, 3.05) is 13.6 Å². The molecule has 0 saturated heterocycles. The molecule has 1 aromatic carbocycles. The first-order valence-corrected chi connectivity index (χ1v) is 5.71. The Morgan fingerprint density at radius 1 is 1.22 bits per heavy atom. The highest BCUT2D eigenvalue weighted by molar-refractivity contribution is 5.40. The molecule has 0 atom stereocenters. The summed E-state index contributed by atoms with van der Waals surface area (Å²) in [5.41, 5.74) is 0. The zero-order valence-electron chi connectivity index (χ0n) is 10.1. The molecule has 94 valence electrons. The van der Waals surface area contributed by atoms with Gasteiger partial charge in [-0.3, -0.25) is 0 Å². The molecule has 0 radical (unpaired) electrons. The van der Waals surface area contributed by atoms with Gasteiger partial charge in [-0.1, -0.05) is 12.1 Å². The zero-order chi connectivity index (χ0) is 12.8. The molecule has 2 aromatic rings. The molecule has 0 aliphatic rings. The Balaban J connectivity index is 2.04. The first kappa shape index (κ1) is 12.3. The topological polar surface area (TPSA) is 67.3 Å². The second-order valence-corrected chi connectivity index (χ2v) is 3.76. The van der Waals surface area contributed by atoms with E-state index in [0.29, 0.717) is 11.5 Å². The fraction of sp³-hybridized carbons (Fsp3) is 0.231. The van der Waals surface area contributed by atoms with Gasteiger partial charge < -0.3 is 15.2 Å². The van der Waals surface area contributed by atoms with Crippen LogP contribution in [-0.4, -0.2) is 28.7 Å². The van der Waals surface area contributed by atoms with Gasteiger partial charge in [-0.2, -0.15) is 0 Å². The lowest BCUT2D eigenvalue weighted by Crippen LogP contribution is -2.12. The standard InChI is InChI=1S/C13H15N3O2/c1-14-7-6-13-15-8-10(9-16-13)18-12-5-3-2-4-11(12)17/h2-5,8-9,14,17H,6-7H2,1H3. The van der Waals surface area contributed by atoms with Gasteiger partial charge >= 0.3 is 0 Å². The molecule has 2 rings (SSSR count). The van der Waals surface area contributed by atoms with E-state index in [1.165, 1.54) is 0 Å². The Morgan fingerprint density at radius 2 is 1.94 bits per heavy atom. The van der Waals surface area contributed by atoms with Crippen LogP contribution in [0.1, 0.15) is 5.82 Å². The molecule has 2 N–H and O–H groups in total. The number of hydrogen-bond acceptors (Lipinski definition) is 5. The second kappa shape index (κ2) is 5.97. The van der Waals surface area contributed by atoms with Gasteiger partial charge in [0.25, 0.3) is 0 Å². The maximum Gasteiger partial charge on any atom is 0.169 e. The molecule has 0 fully saturated rings. The highest BCUT2D eigenvalue weighted by Gasteiger charge is 2.03. The van der Waals surface area contributed by atoms with Crippen molar-refractivity contribution in [3.05, 3.63) is 42.5 Å². The van der Waals surface area contributed by atoms with Gasteiger partial charge in [-0.15, -0.1) is 0 Å². The summed E-state index contributed by atoms with van der Waals surface area (Å²) in [5, 5.41) is 12.6. The second-order valence-electron chi connectivity index (χ2n) is 3.76. The molecular formula is C13H15N3O2. The van der Waals surface area contributed by atoms with Crippen LogP contribution in [0.2, 0.25) is 0 Å². The summed E-state index contributed by atoms with van der Waals surface area (Å²) in [6.45, 7) is 0.833. The normalized spacial score (nSPS) is 10.3. The Hall–Kier alpha value is -2.14. The Bertz CT molecular complexity index is 500. The van der Waals surface area contributed by atoms with E-state index >= 15 is 0 Å². The third-order valence-electron chi connectivity index (χ3n) is 2.37. The molecule has 5 heteroatoms. The summed E-state index contributed by atoms with van der Waals surface area (Å²) in [6.07, 6.45) is 3.97. The lowest BCUT2D eigenvalue weighted by atomic mass is 10.3. The van der Waals surface area contributed by atoms with Crippen molar-refractivity contribution in [2.45, 2.75) is 6.42 Å². The third-order valence-corrected chi connectivity index (χ3v) is 2.37. The fourth-order valence-electron chi connectivity index (χ4n) is 1.43. The molecule has 5 nitrogen and oxygen atoms in total. The number of rotatable bonds is 5. The number of para-hydroxylation sites is 2. The van der Waals surface area contributed by atoms with Crippen molar-refractivity contribution in [2.24, 2.45) is 0 Å². The molecule has 0 amide bonds. The lowest BCUT2D eigenvalue weighted by molar-refractivity contribution is 0.409. The van der Waals surface area contributed by atoms with Crippen molar-refractivity contribution in [1.82, 2.24) is 15.3 Å². The number of benzene rings is 1. The zero-order valence-corrected chi connectivity index (χ0v) is 10.1. The van der Waals surface area contributed by atoms with Gasteiger partial charge in [0.05, 0.1) is 12.4 Å². The van der Waals surface area contributed by atoms with Crippen molar-refractivity contribution in [3.63, 3.8) is 0 Å². The van der Waals surface area contributed by atoms with Crippen LogP contribution in [-0.2, 0) is 6.42 Å². The number of aromatic nitrogens is 2. The average Bonchev–Trinajstić information content (AvgIpc) is 2.41. The first-order chi connectivity index (χ1) is 8.79. The number of phenolic OH excluding ortho intramolecular Hbond substituents is 1. The molecule has 0 saturated carbocycles. The van der Waals surface area contributed by atoms with Crippen molar-refractivity contribution < 1.29 is 9.84 Å². The quantitative estimate of drug-likeness (QED) is 0.839. The summed E-state index contributed by atoms with van der Waals surface area (Å²) in [7, 11) is 1.88. The monoisotopic (exact) mass is 245 g/mol. The predicted octanol–water partition coefficient (Wildman–Crippen LogP) is 1.74. The number of likely N-dealkylation sites (N-methyl/N-ethyl adjacent to an activating group) is 1. The molecule has 18 heavy (non-hydrogen) atoms. The van der Waals surface area contributed by atoms with Crippen molar-refractivity contribution in [1.29, 1.82) is 0 Å². The van der Waals surface area contributed by atoms with E-state index in [4.69, 9.17) is 4.74 Å². The summed E-state index contributed by atoms with van der Waals surface area (Å²) in [4.78, 5) is 8.37. The minimum Gasteiger partial charge on any atom is -0.504 e. The third kappa shape index (κ3) is 3.18. The number of aromatic hydroxyl groups is 1. The number of nitrogens with zero attached hydrogens (tertiary/aromatic N) is 2. The van der Waals surface area contributed by atoms with Gasteiger partial charge in [-0.05, 0) is 19.2 Å². The van der Waals surface area contributed by atoms with Gasteiger partial charge in [0.2, 0.25) is 0 Å². The van der Waals surface area contributed by atoms with Crippen molar-refractivity contribution in [3.8, 4) is 17.2 Å². The molecular weight excluding hydrogens is 230 g/mol. The van der Waals surface area contributed by atoms with E-state index in [-0.39, 0.29) is 5.75 Å². The van der Waals surface area contributed by atoms with E-state index in [1.54, 1.807) is 36.7 Å². The fourth-order valence-corrected chi connectivity index (χ4v) is 1.43. The van der Waals surface area contributed by atoms with Gasteiger partial charge in [0.15, 0.2) is 17.2 Å². The van der Waals surface area contributed by atoms with Gasteiger partial charge in [0, 0.05) is 13.0 Å². The maximum absolute atomic E-state index is 9.57. The molecule has 1 aromatic heterocycles. The highest BCUT2D eigenvalue weighted by atomic mass is 16.5. The van der Waals surface area contributed by atoms with Crippen LogP contribution in [0.25, 0.3) is 0 Å². The summed E-state index contributed by atoms with van der Waals surface area (Å²) in [5.74, 6) is 1.75. The van der Waals surface area contributed by atoms with Crippen LogP contribution in [0.4, 0.5) is 0 Å². The maximum atomic E-state index is 9.57. The van der Waals surface area contributed by atoms with E-state index in [9.17, 15) is 5.11 Å². The van der Waals surface area contributed by atoms with Crippen molar-refractivity contribution >= 4 is 0 Å². The van der Waals surface area contributed by atoms with Gasteiger partial charge in [0.1, 0.15) is 5.82 Å². The van der Waals surface area contributed by atoms with Crippen LogP contribution in [0.15, 0.2) is 36.7 Å². The molecule has 0 aliphatic carbocycles. The Labute approximate surface area is 105 Å². The molecule has 1 heterocycles. The van der Waals surface area contributed by atoms with E-state index in [1.807, 2.05) is 7.05 Å². The van der Waals surface area contributed by atoms with Crippen LogP contribution in [0.3, 0.4) is 0 Å². The Morgan fingerprint density at radius 3 is 2.61 bits per heavy atom. The lowest BCUT2D eigenvalue weighted by Gasteiger charge is -2.06. The number of ether oxygens (including phenoxy) is 1. The SMILES string of the molecule is CNCCc1ncc(Oc2ccccc2O)cn1. The molecule has 0 bridgehead atoms. The van der Waals surface area contributed by atoms with Crippen LogP contribution in [0, 0.1) is 0 Å². The van der Waals surface area contributed by atoms with Crippen LogP contribution >= 0.6 is 0 Å². The summed E-state index contributed by atoms with van der Waals surface area (Å²) in [6, 6.07) is 6.78.